The number of carbonyl (C=O) groups is 1. The van der Waals surface area contributed by atoms with Crippen LogP contribution in [0.4, 0.5) is 11.4 Å². The minimum atomic E-state index is -0.476. The number of nitro groups is 1. The van der Waals surface area contributed by atoms with E-state index in [1.165, 1.54) is 6.07 Å². The predicted molar refractivity (Wildman–Crippen MR) is 83.0 cm³/mol. The van der Waals surface area contributed by atoms with Crippen molar-refractivity contribution in [2.75, 3.05) is 11.9 Å². The van der Waals surface area contributed by atoms with Gasteiger partial charge in [0.05, 0.1) is 4.92 Å². The van der Waals surface area contributed by atoms with Gasteiger partial charge in [0.1, 0.15) is 5.69 Å². The minimum Gasteiger partial charge on any atom is -0.396 e. The van der Waals surface area contributed by atoms with E-state index in [-0.39, 0.29) is 29.8 Å². The van der Waals surface area contributed by atoms with Crippen molar-refractivity contribution in [1.82, 2.24) is 5.32 Å². The van der Waals surface area contributed by atoms with Crippen molar-refractivity contribution in [3.05, 3.63) is 33.9 Å². The maximum atomic E-state index is 12.1. The summed E-state index contributed by atoms with van der Waals surface area (Å²) >= 11 is 0. The summed E-state index contributed by atoms with van der Waals surface area (Å²) in [6.45, 7) is 1.91. The van der Waals surface area contributed by atoms with Crippen molar-refractivity contribution in [3.63, 3.8) is 0 Å². The number of nitrogens with one attached hydrogen (secondary N) is 2. The second kappa shape index (κ2) is 7.22. The van der Waals surface area contributed by atoms with Crippen LogP contribution in [0.3, 0.4) is 0 Å². The molecule has 0 bridgehead atoms. The Morgan fingerprint density at radius 1 is 1.50 bits per heavy atom. The molecule has 22 heavy (non-hydrogen) atoms. The number of aliphatic hydroxyl groups is 1. The lowest BCUT2D eigenvalue weighted by Crippen LogP contribution is -2.32. The van der Waals surface area contributed by atoms with E-state index in [1.807, 2.05) is 6.92 Å². The lowest BCUT2D eigenvalue weighted by Gasteiger charge is -2.13. The van der Waals surface area contributed by atoms with Gasteiger partial charge in [0.2, 0.25) is 0 Å². The number of rotatable bonds is 8. The number of amides is 1. The zero-order chi connectivity index (χ0) is 16.1. The quantitative estimate of drug-likeness (QED) is 0.503. The predicted octanol–water partition coefficient (Wildman–Crippen LogP) is 2.06. The van der Waals surface area contributed by atoms with Gasteiger partial charge in [0.25, 0.3) is 11.6 Å². The van der Waals surface area contributed by atoms with E-state index in [0.29, 0.717) is 24.6 Å². The Labute approximate surface area is 128 Å². The van der Waals surface area contributed by atoms with Crippen LogP contribution in [0, 0.1) is 10.1 Å². The monoisotopic (exact) mass is 307 g/mol. The summed E-state index contributed by atoms with van der Waals surface area (Å²) < 4.78 is 0. The van der Waals surface area contributed by atoms with E-state index in [4.69, 9.17) is 5.11 Å². The molecule has 2 rings (SSSR count). The van der Waals surface area contributed by atoms with Gasteiger partial charge in [-0.05, 0) is 44.7 Å². The molecule has 1 aromatic rings. The first-order valence-electron chi connectivity index (χ1n) is 7.48. The summed E-state index contributed by atoms with van der Waals surface area (Å²) in [5.41, 5.74) is 0.642. The molecule has 7 heteroatoms. The smallest absolute Gasteiger partial charge is 0.293 e. The van der Waals surface area contributed by atoms with E-state index >= 15 is 0 Å². The topological polar surface area (TPSA) is 104 Å². The molecule has 0 aliphatic heterocycles. The fourth-order valence-corrected chi connectivity index (χ4v) is 2.17. The molecule has 1 aliphatic rings. The molecule has 0 saturated heterocycles. The minimum absolute atomic E-state index is 0.0766. The molecule has 7 nitrogen and oxygen atoms in total. The molecule has 1 atom stereocenters. The molecule has 1 fully saturated rings. The van der Waals surface area contributed by atoms with Gasteiger partial charge in [-0.25, -0.2) is 0 Å². The Morgan fingerprint density at radius 3 is 2.82 bits per heavy atom. The molecule has 1 unspecified atom stereocenters. The SMILES string of the molecule is CC(CCCO)NC(=O)c1ccc(NC2CC2)c([N+](=O)[O-])c1. The van der Waals surface area contributed by atoms with Crippen LogP contribution in [0.15, 0.2) is 18.2 Å². The van der Waals surface area contributed by atoms with Gasteiger partial charge in [-0.1, -0.05) is 0 Å². The van der Waals surface area contributed by atoms with E-state index in [2.05, 4.69) is 10.6 Å². The number of carbonyl (C=O) groups excluding carboxylic acids is 1. The van der Waals surface area contributed by atoms with Crippen LogP contribution in [-0.4, -0.2) is 34.6 Å². The zero-order valence-electron chi connectivity index (χ0n) is 12.5. The highest BCUT2D eigenvalue weighted by Gasteiger charge is 2.25. The third kappa shape index (κ3) is 4.42. The van der Waals surface area contributed by atoms with Crippen LogP contribution in [-0.2, 0) is 0 Å². The van der Waals surface area contributed by atoms with Crippen molar-refractivity contribution in [3.8, 4) is 0 Å². The van der Waals surface area contributed by atoms with Gasteiger partial charge in [0.15, 0.2) is 0 Å². The number of hydrogen-bond donors (Lipinski definition) is 3. The van der Waals surface area contributed by atoms with Crippen molar-refractivity contribution in [2.24, 2.45) is 0 Å². The molecule has 0 heterocycles. The number of aliphatic hydroxyl groups excluding tert-OH is 1. The number of benzene rings is 1. The second-order valence-corrected chi connectivity index (χ2v) is 5.65. The fraction of sp³-hybridized carbons (Fsp3) is 0.533. The van der Waals surface area contributed by atoms with Crippen molar-refractivity contribution in [2.45, 2.75) is 44.7 Å². The van der Waals surface area contributed by atoms with E-state index in [0.717, 1.165) is 12.8 Å². The summed E-state index contributed by atoms with van der Waals surface area (Å²) in [6, 6.07) is 4.69. The first kappa shape index (κ1) is 16.2. The number of nitro benzene ring substituents is 1. The van der Waals surface area contributed by atoms with Gasteiger partial charge >= 0.3 is 0 Å². The Hall–Kier alpha value is -2.15. The standard InChI is InChI=1S/C15H21N3O4/c1-10(3-2-8-19)16-15(20)11-4-7-13(17-12-5-6-12)14(9-11)18(21)22/h4,7,9-10,12,17,19H,2-3,5-6,8H2,1H3,(H,16,20). The van der Waals surface area contributed by atoms with Gasteiger partial charge in [0, 0.05) is 30.3 Å². The van der Waals surface area contributed by atoms with Crippen molar-refractivity contribution in [1.29, 1.82) is 0 Å². The lowest BCUT2D eigenvalue weighted by molar-refractivity contribution is -0.384. The highest BCUT2D eigenvalue weighted by molar-refractivity contribution is 5.95. The Bertz CT molecular complexity index is 558. The normalized spacial score (nSPS) is 15.2. The van der Waals surface area contributed by atoms with Crippen LogP contribution in [0.1, 0.15) is 43.0 Å². The molecular formula is C15H21N3O4. The van der Waals surface area contributed by atoms with Crippen LogP contribution in [0.25, 0.3) is 0 Å². The summed E-state index contributed by atoms with van der Waals surface area (Å²) in [4.78, 5) is 22.8. The molecule has 0 spiro atoms. The molecule has 120 valence electrons. The van der Waals surface area contributed by atoms with Crippen molar-refractivity contribution < 1.29 is 14.8 Å². The molecule has 0 radical (unpaired) electrons. The highest BCUT2D eigenvalue weighted by Crippen LogP contribution is 2.31. The fourth-order valence-electron chi connectivity index (χ4n) is 2.17. The van der Waals surface area contributed by atoms with E-state index in [1.54, 1.807) is 12.1 Å². The van der Waals surface area contributed by atoms with Crippen LogP contribution < -0.4 is 10.6 Å². The summed E-state index contributed by atoms with van der Waals surface area (Å²) in [7, 11) is 0. The number of anilines is 1. The average molecular weight is 307 g/mol. The third-order valence-electron chi connectivity index (χ3n) is 3.57. The zero-order valence-corrected chi connectivity index (χ0v) is 12.5. The molecule has 1 saturated carbocycles. The second-order valence-electron chi connectivity index (χ2n) is 5.65. The first-order chi connectivity index (χ1) is 10.5. The maximum absolute atomic E-state index is 12.1. The molecule has 1 aromatic carbocycles. The molecule has 1 aliphatic carbocycles. The molecule has 1 amide bonds. The van der Waals surface area contributed by atoms with E-state index < -0.39 is 4.92 Å². The average Bonchev–Trinajstić information content (AvgIpc) is 3.29. The van der Waals surface area contributed by atoms with Gasteiger partial charge < -0.3 is 15.7 Å². The summed E-state index contributed by atoms with van der Waals surface area (Å²) in [6.07, 6.45) is 3.29. The summed E-state index contributed by atoms with van der Waals surface area (Å²) in [5.74, 6) is -0.341. The van der Waals surface area contributed by atoms with Crippen LogP contribution in [0.2, 0.25) is 0 Å². The summed E-state index contributed by atoms with van der Waals surface area (Å²) in [5, 5.41) is 25.8. The first-order valence-corrected chi connectivity index (χ1v) is 7.48. The van der Waals surface area contributed by atoms with Gasteiger partial charge in [-0.15, -0.1) is 0 Å². The van der Waals surface area contributed by atoms with Crippen LogP contribution >= 0.6 is 0 Å². The number of nitrogens with zero attached hydrogens (tertiary/aromatic N) is 1. The molecule has 3 N–H and O–H groups in total. The molecular weight excluding hydrogens is 286 g/mol. The number of hydrogen-bond acceptors (Lipinski definition) is 5. The lowest BCUT2D eigenvalue weighted by atomic mass is 10.1. The third-order valence-corrected chi connectivity index (χ3v) is 3.57. The Kier molecular flexibility index (Phi) is 5.32. The highest BCUT2D eigenvalue weighted by atomic mass is 16.6. The van der Waals surface area contributed by atoms with Gasteiger partial charge in [-0.3, -0.25) is 14.9 Å². The Balaban J connectivity index is 2.08. The van der Waals surface area contributed by atoms with Gasteiger partial charge in [-0.2, -0.15) is 0 Å². The Morgan fingerprint density at radius 2 is 2.23 bits per heavy atom. The van der Waals surface area contributed by atoms with Crippen molar-refractivity contribution >= 4 is 17.3 Å². The molecule has 0 aromatic heterocycles. The largest absolute Gasteiger partial charge is 0.396 e. The maximum Gasteiger partial charge on any atom is 0.293 e. The van der Waals surface area contributed by atoms with Crippen LogP contribution in [0.5, 0.6) is 0 Å². The van der Waals surface area contributed by atoms with E-state index in [9.17, 15) is 14.9 Å².